The van der Waals surface area contributed by atoms with E-state index in [0.717, 1.165) is 37.3 Å². The zero-order valence-electron chi connectivity index (χ0n) is 14.4. The van der Waals surface area contributed by atoms with Gasteiger partial charge in [-0.15, -0.1) is 0 Å². The van der Waals surface area contributed by atoms with Crippen LogP contribution in [0.5, 0.6) is 0 Å². The normalized spacial score (nSPS) is 18.0. The molecule has 1 aliphatic heterocycles. The van der Waals surface area contributed by atoms with Crippen LogP contribution in [0.1, 0.15) is 30.1 Å². The Bertz CT molecular complexity index is 563. The maximum atomic E-state index is 10.3. The van der Waals surface area contributed by atoms with Gasteiger partial charge in [-0.1, -0.05) is 36.4 Å². The summed E-state index contributed by atoms with van der Waals surface area (Å²) in [6, 6.07) is 16.0. The minimum absolute atomic E-state index is 0.0554. The van der Waals surface area contributed by atoms with Crippen molar-refractivity contribution in [3.8, 4) is 0 Å². The summed E-state index contributed by atoms with van der Waals surface area (Å²) in [5.41, 5.74) is 2.06. The molecule has 2 N–H and O–H groups in total. The van der Waals surface area contributed by atoms with Gasteiger partial charge in [-0.05, 0) is 30.5 Å². The van der Waals surface area contributed by atoms with Crippen molar-refractivity contribution in [3.05, 3.63) is 66.0 Å². The molecule has 1 saturated heterocycles. The molecule has 1 aromatic heterocycles. The molecule has 5 nitrogen and oxygen atoms in total. The Morgan fingerprint density at radius 1 is 1.12 bits per heavy atom. The number of hydrogen-bond acceptors (Lipinski definition) is 5. The lowest BCUT2D eigenvalue weighted by Crippen LogP contribution is -2.35. The second-order valence-corrected chi connectivity index (χ2v) is 6.31. The van der Waals surface area contributed by atoms with Crippen molar-refractivity contribution in [2.75, 3.05) is 26.4 Å². The third-order valence-electron chi connectivity index (χ3n) is 4.37. The minimum Gasteiger partial charge on any atom is -0.389 e. The maximum Gasteiger partial charge on any atom is 0.0898 e. The van der Waals surface area contributed by atoms with Crippen molar-refractivity contribution in [1.82, 2.24) is 10.3 Å². The molecule has 1 fully saturated rings. The highest BCUT2D eigenvalue weighted by Gasteiger charge is 2.18. The van der Waals surface area contributed by atoms with Crippen LogP contribution in [0, 0.1) is 0 Å². The van der Waals surface area contributed by atoms with Gasteiger partial charge in [0.2, 0.25) is 0 Å². The molecule has 2 aromatic rings. The molecule has 0 radical (unpaired) electrons. The summed E-state index contributed by atoms with van der Waals surface area (Å²) in [7, 11) is 0. The largest absolute Gasteiger partial charge is 0.389 e. The van der Waals surface area contributed by atoms with Crippen molar-refractivity contribution >= 4 is 0 Å². The summed E-state index contributed by atoms with van der Waals surface area (Å²) in [5, 5.41) is 13.7. The molecule has 2 heterocycles. The number of aliphatic hydroxyl groups is 1. The molecule has 0 saturated carbocycles. The Balaban J connectivity index is 1.55. The van der Waals surface area contributed by atoms with E-state index in [1.165, 1.54) is 0 Å². The van der Waals surface area contributed by atoms with Crippen molar-refractivity contribution in [2.24, 2.45) is 0 Å². The summed E-state index contributed by atoms with van der Waals surface area (Å²) in [6.45, 7) is 2.27. The zero-order chi connectivity index (χ0) is 17.3. The second-order valence-electron chi connectivity index (χ2n) is 6.31. The molecule has 0 spiro atoms. The number of hydrogen-bond donors (Lipinski definition) is 2. The van der Waals surface area contributed by atoms with Gasteiger partial charge in [0, 0.05) is 26.0 Å². The van der Waals surface area contributed by atoms with Gasteiger partial charge >= 0.3 is 0 Å². The molecule has 134 valence electrons. The number of benzene rings is 1. The first-order valence-electron chi connectivity index (χ1n) is 8.89. The van der Waals surface area contributed by atoms with Gasteiger partial charge in [0.15, 0.2) is 0 Å². The molecule has 1 aromatic carbocycles. The van der Waals surface area contributed by atoms with Crippen LogP contribution in [0.3, 0.4) is 0 Å². The first kappa shape index (κ1) is 18.0. The second kappa shape index (κ2) is 9.63. The highest BCUT2D eigenvalue weighted by Crippen LogP contribution is 2.20. The van der Waals surface area contributed by atoms with Gasteiger partial charge in [0.1, 0.15) is 0 Å². The predicted octanol–water partition coefficient (Wildman–Crippen LogP) is 2.32. The van der Waals surface area contributed by atoms with Crippen LogP contribution < -0.4 is 5.32 Å². The molecule has 2 atom stereocenters. The Labute approximate surface area is 149 Å². The van der Waals surface area contributed by atoms with Crippen molar-refractivity contribution in [2.45, 2.75) is 31.1 Å². The summed E-state index contributed by atoms with van der Waals surface area (Å²) in [4.78, 5) is 4.46. The summed E-state index contributed by atoms with van der Waals surface area (Å²) < 4.78 is 11.1. The number of aromatic nitrogens is 1. The molecular weight excluding hydrogens is 316 g/mol. The van der Waals surface area contributed by atoms with Crippen LogP contribution in [0.4, 0.5) is 0 Å². The molecule has 0 aliphatic carbocycles. The number of nitrogens with zero attached hydrogens (tertiary/aromatic N) is 1. The fourth-order valence-electron chi connectivity index (χ4n) is 2.99. The summed E-state index contributed by atoms with van der Waals surface area (Å²) >= 11 is 0. The third kappa shape index (κ3) is 5.61. The van der Waals surface area contributed by atoms with Gasteiger partial charge < -0.3 is 19.9 Å². The van der Waals surface area contributed by atoms with E-state index in [0.29, 0.717) is 13.2 Å². The molecule has 3 rings (SSSR count). The van der Waals surface area contributed by atoms with Gasteiger partial charge in [-0.25, -0.2) is 0 Å². The molecule has 2 unspecified atom stereocenters. The fraction of sp³-hybridized carbons (Fsp3) is 0.450. The van der Waals surface area contributed by atoms with E-state index in [-0.39, 0.29) is 12.1 Å². The van der Waals surface area contributed by atoms with Crippen LogP contribution in [-0.2, 0) is 9.47 Å². The van der Waals surface area contributed by atoms with Gasteiger partial charge in [0.05, 0.1) is 30.6 Å². The Hall–Kier alpha value is -1.79. The molecule has 0 bridgehead atoms. The van der Waals surface area contributed by atoms with E-state index in [9.17, 15) is 5.11 Å². The summed E-state index contributed by atoms with van der Waals surface area (Å²) in [6.07, 6.45) is 3.24. The number of ether oxygens (including phenoxy) is 2. The van der Waals surface area contributed by atoms with Gasteiger partial charge in [-0.2, -0.15) is 0 Å². The van der Waals surface area contributed by atoms with E-state index >= 15 is 0 Å². The Morgan fingerprint density at radius 3 is 2.60 bits per heavy atom. The van der Waals surface area contributed by atoms with Gasteiger partial charge in [-0.3, -0.25) is 4.98 Å². The first-order chi connectivity index (χ1) is 12.3. The molecule has 1 aliphatic rings. The maximum absolute atomic E-state index is 10.3. The van der Waals surface area contributed by atoms with Crippen molar-refractivity contribution < 1.29 is 14.6 Å². The van der Waals surface area contributed by atoms with Crippen molar-refractivity contribution in [3.63, 3.8) is 0 Å². The average Bonchev–Trinajstić information content (AvgIpc) is 2.69. The lowest BCUT2D eigenvalue weighted by molar-refractivity contribution is -0.0587. The molecule has 5 heteroatoms. The predicted molar refractivity (Wildman–Crippen MR) is 96.3 cm³/mol. The highest BCUT2D eigenvalue weighted by molar-refractivity contribution is 5.27. The van der Waals surface area contributed by atoms with Crippen LogP contribution in [0.2, 0.25) is 0 Å². The summed E-state index contributed by atoms with van der Waals surface area (Å²) in [5.74, 6) is 0. The van der Waals surface area contributed by atoms with E-state index in [1.807, 2.05) is 36.4 Å². The quantitative estimate of drug-likeness (QED) is 0.771. The number of rotatable bonds is 8. The topological polar surface area (TPSA) is 63.6 Å². The van der Waals surface area contributed by atoms with Crippen LogP contribution in [-0.4, -0.2) is 48.7 Å². The van der Waals surface area contributed by atoms with Crippen molar-refractivity contribution in [1.29, 1.82) is 0 Å². The average molecular weight is 342 g/mol. The fourth-order valence-corrected chi connectivity index (χ4v) is 2.99. The molecule has 0 amide bonds. The Kier molecular flexibility index (Phi) is 6.94. The lowest BCUT2D eigenvalue weighted by atomic mass is 10.0. The third-order valence-corrected chi connectivity index (χ3v) is 4.37. The monoisotopic (exact) mass is 342 g/mol. The van der Waals surface area contributed by atoms with Crippen LogP contribution in [0.25, 0.3) is 0 Å². The zero-order valence-corrected chi connectivity index (χ0v) is 14.4. The number of pyridine rings is 1. The van der Waals surface area contributed by atoms with E-state index in [1.54, 1.807) is 6.20 Å². The van der Waals surface area contributed by atoms with Gasteiger partial charge in [0.25, 0.3) is 0 Å². The lowest BCUT2D eigenvalue weighted by Gasteiger charge is -2.25. The number of nitrogens with one attached hydrogen (secondary N) is 1. The number of aliphatic hydroxyl groups excluding tert-OH is 1. The smallest absolute Gasteiger partial charge is 0.0898 e. The highest BCUT2D eigenvalue weighted by atomic mass is 16.5. The van der Waals surface area contributed by atoms with E-state index in [4.69, 9.17) is 9.47 Å². The van der Waals surface area contributed by atoms with E-state index in [2.05, 4.69) is 22.4 Å². The molecule has 25 heavy (non-hydrogen) atoms. The Morgan fingerprint density at radius 2 is 1.88 bits per heavy atom. The molecular formula is C20H26N2O3. The minimum atomic E-state index is -0.558. The standard InChI is InChI=1S/C20H26N2O3/c23-17(15-25-18-9-12-24-13-10-18)14-22-20(16-6-2-1-3-7-16)19-8-4-5-11-21-19/h1-8,11,17-18,20,22-23H,9-10,12-15H2. The first-order valence-corrected chi connectivity index (χ1v) is 8.89. The SMILES string of the molecule is OC(CNC(c1ccccc1)c1ccccn1)COC1CCOCC1. The van der Waals surface area contributed by atoms with Crippen LogP contribution in [0.15, 0.2) is 54.7 Å². The van der Waals surface area contributed by atoms with E-state index < -0.39 is 6.10 Å². The van der Waals surface area contributed by atoms with Crippen LogP contribution >= 0.6 is 0 Å².